The van der Waals surface area contributed by atoms with Gasteiger partial charge in [-0.15, -0.1) is 0 Å². The second-order valence-corrected chi connectivity index (χ2v) is 8.11. The minimum Gasteiger partial charge on any atom is -0.502 e. The first-order valence-electron chi connectivity index (χ1n) is 10.4. The zero-order valence-corrected chi connectivity index (χ0v) is 17.5. The molecule has 1 saturated heterocycles. The monoisotopic (exact) mass is 413 g/mol. The van der Waals surface area contributed by atoms with Crippen LogP contribution >= 0.6 is 0 Å². The Bertz CT molecular complexity index is 930. The quantitative estimate of drug-likeness (QED) is 0.819. The van der Waals surface area contributed by atoms with Crippen LogP contribution in [0.15, 0.2) is 24.3 Å². The highest BCUT2D eigenvalue weighted by Crippen LogP contribution is 2.51. The summed E-state index contributed by atoms with van der Waals surface area (Å²) < 4.78 is 28.6. The number of benzene rings is 2. The van der Waals surface area contributed by atoms with Crippen molar-refractivity contribution < 1.29 is 28.8 Å². The Kier molecular flexibility index (Phi) is 4.77. The lowest BCUT2D eigenvalue weighted by molar-refractivity contribution is -0.0178. The maximum atomic E-state index is 10.4. The van der Waals surface area contributed by atoms with Crippen LogP contribution in [0.1, 0.15) is 36.8 Å². The van der Waals surface area contributed by atoms with E-state index in [0.717, 1.165) is 35.7 Å². The Morgan fingerprint density at radius 1 is 0.933 bits per heavy atom. The molecule has 0 radical (unpaired) electrons. The summed E-state index contributed by atoms with van der Waals surface area (Å²) in [6.45, 7) is 4.50. The van der Waals surface area contributed by atoms with Crippen molar-refractivity contribution >= 4 is 0 Å². The molecule has 0 unspecified atom stereocenters. The van der Waals surface area contributed by atoms with E-state index in [0.29, 0.717) is 17.2 Å². The molecule has 0 bridgehead atoms. The molecular weight excluding hydrogens is 386 g/mol. The number of nitrogens with zero attached hydrogens (tertiary/aromatic N) is 1. The van der Waals surface area contributed by atoms with Gasteiger partial charge >= 0.3 is 0 Å². The van der Waals surface area contributed by atoms with Gasteiger partial charge in [0.1, 0.15) is 5.75 Å². The van der Waals surface area contributed by atoms with E-state index in [1.165, 1.54) is 12.8 Å². The van der Waals surface area contributed by atoms with E-state index >= 15 is 0 Å². The molecule has 160 valence electrons. The van der Waals surface area contributed by atoms with E-state index in [9.17, 15) is 5.11 Å². The first kappa shape index (κ1) is 19.2. The second kappa shape index (κ2) is 7.47. The van der Waals surface area contributed by atoms with Gasteiger partial charge in [0.2, 0.25) is 12.5 Å². The van der Waals surface area contributed by atoms with Crippen molar-refractivity contribution in [3.8, 4) is 34.5 Å². The highest BCUT2D eigenvalue weighted by Gasteiger charge is 2.42. The highest BCUT2D eigenvalue weighted by molar-refractivity contribution is 5.59. The Balaban J connectivity index is 1.66. The average Bonchev–Trinajstić information content (AvgIpc) is 3.44. The Labute approximate surface area is 176 Å². The van der Waals surface area contributed by atoms with Gasteiger partial charge in [-0.3, -0.25) is 4.90 Å². The van der Waals surface area contributed by atoms with Crippen LogP contribution in [0.25, 0.3) is 0 Å². The molecule has 3 heterocycles. The summed E-state index contributed by atoms with van der Waals surface area (Å²) in [6, 6.07) is 7.73. The number of fused-ring (bicyclic) bond motifs is 2. The number of hydrogen-bond acceptors (Lipinski definition) is 7. The first-order valence-corrected chi connectivity index (χ1v) is 10.4. The van der Waals surface area contributed by atoms with Crippen molar-refractivity contribution in [3.05, 3.63) is 35.4 Å². The van der Waals surface area contributed by atoms with E-state index in [2.05, 4.69) is 11.8 Å². The van der Waals surface area contributed by atoms with Crippen LogP contribution in [0.5, 0.6) is 34.5 Å². The highest BCUT2D eigenvalue weighted by atomic mass is 16.7. The van der Waals surface area contributed by atoms with Gasteiger partial charge < -0.3 is 28.8 Å². The number of aromatic hydroxyl groups is 1. The molecule has 3 atom stereocenters. The lowest BCUT2D eigenvalue weighted by Crippen LogP contribution is -2.46. The standard InChI is InChI=1S/C23H27NO6/c1-13-21(14-8-19(26-2)22(25)20(9-14)27-3)15-10-17-18(29-12-28-17)11-16(15)30-23(13)24-6-4-5-7-24/h8-11,13,21,23,25H,4-7,12H2,1-3H3/t13-,21+,23-/m1/s1. The summed E-state index contributed by atoms with van der Waals surface area (Å²) in [4.78, 5) is 2.42. The normalized spacial score (nSPS) is 25.0. The first-order chi connectivity index (χ1) is 14.6. The lowest BCUT2D eigenvalue weighted by Gasteiger charge is -2.42. The minimum atomic E-state index is -0.0452. The van der Waals surface area contributed by atoms with Crippen molar-refractivity contribution in [1.29, 1.82) is 0 Å². The molecule has 0 aliphatic carbocycles. The summed E-state index contributed by atoms with van der Waals surface area (Å²) in [5.74, 6) is 3.21. The molecule has 0 saturated carbocycles. The van der Waals surface area contributed by atoms with Crippen LogP contribution < -0.4 is 23.7 Å². The number of likely N-dealkylation sites (tertiary alicyclic amines) is 1. The summed E-state index contributed by atoms with van der Waals surface area (Å²) in [5, 5.41) is 10.4. The number of methoxy groups -OCH3 is 2. The summed E-state index contributed by atoms with van der Waals surface area (Å²) in [6.07, 6.45) is 2.33. The molecule has 7 nitrogen and oxygen atoms in total. The Hall–Kier alpha value is -2.80. The van der Waals surface area contributed by atoms with Crippen molar-refractivity contribution in [2.75, 3.05) is 34.1 Å². The molecule has 1 N–H and O–H groups in total. The number of hydrogen-bond donors (Lipinski definition) is 1. The molecule has 3 aliphatic heterocycles. The van der Waals surface area contributed by atoms with Gasteiger partial charge in [0.25, 0.3) is 0 Å². The van der Waals surface area contributed by atoms with Crippen LogP contribution in [-0.2, 0) is 0 Å². The van der Waals surface area contributed by atoms with Crippen LogP contribution in [0.2, 0.25) is 0 Å². The minimum absolute atomic E-state index is 0.00506. The maximum absolute atomic E-state index is 10.4. The Morgan fingerprint density at radius 2 is 1.57 bits per heavy atom. The molecule has 2 aromatic carbocycles. The van der Waals surface area contributed by atoms with Crippen LogP contribution in [0, 0.1) is 5.92 Å². The smallest absolute Gasteiger partial charge is 0.231 e. The van der Waals surface area contributed by atoms with Gasteiger partial charge in [0, 0.05) is 36.6 Å². The Morgan fingerprint density at radius 3 is 2.20 bits per heavy atom. The summed E-state index contributed by atoms with van der Waals surface area (Å²) in [5.41, 5.74) is 2.04. The van der Waals surface area contributed by atoms with Gasteiger partial charge in [-0.2, -0.15) is 0 Å². The number of rotatable bonds is 4. The number of phenols is 1. The van der Waals surface area contributed by atoms with Crippen LogP contribution in [0.4, 0.5) is 0 Å². The second-order valence-electron chi connectivity index (χ2n) is 8.11. The zero-order chi connectivity index (χ0) is 20.8. The molecule has 5 rings (SSSR count). The number of phenolic OH excluding ortho intramolecular Hbond substituents is 1. The lowest BCUT2D eigenvalue weighted by atomic mass is 9.78. The van der Waals surface area contributed by atoms with Crippen molar-refractivity contribution in [2.24, 2.45) is 5.92 Å². The van der Waals surface area contributed by atoms with E-state index < -0.39 is 0 Å². The van der Waals surface area contributed by atoms with Gasteiger partial charge in [0.05, 0.1) is 14.2 Å². The topological polar surface area (TPSA) is 69.6 Å². The SMILES string of the molecule is COc1cc([C@H]2c3cc4c(cc3O[C@@H](N3CCCC3)[C@@H]2C)OCO4)cc(OC)c1O. The molecule has 0 amide bonds. The van der Waals surface area contributed by atoms with Crippen molar-refractivity contribution in [1.82, 2.24) is 4.90 Å². The van der Waals surface area contributed by atoms with E-state index in [-0.39, 0.29) is 30.6 Å². The molecular formula is C23H27NO6. The molecule has 7 heteroatoms. The summed E-state index contributed by atoms with van der Waals surface area (Å²) in [7, 11) is 3.09. The van der Waals surface area contributed by atoms with Crippen LogP contribution in [0.3, 0.4) is 0 Å². The average molecular weight is 413 g/mol. The molecule has 1 fully saturated rings. The molecule has 3 aliphatic rings. The van der Waals surface area contributed by atoms with Gasteiger partial charge in [-0.05, 0) is 36.6 Å². The third-order valence-corrected chi connectivity index (χ3v) is 6.43. The zero-order valence-electron chi connectivity index (χ0n) is 17.5. The predicted molar refractivity (Wildman–Crippen MR) is 110 cm³/mol. The van der Waals surface area contributed by atoms with Gasteiger partial charge in [-0.1, -0.05) is 6.92 Å². The predicted octanol–water partition coefficient (Wildman–Crippen LogP) is 3.72. The van der Waals surface area contributed by atoms with Gasteiger partial charge in [0.15, 0.2) is 29.2 Å². The third-order valence-electron chi connectivity index (χ3n) is 6.43. The van der Waals surface area contributed by atoms with Gasteiger partial charge in [-0.25, -0.2) is 0 Å². The molecule has 2 aromatic rings. The fraction of sp³-hybridized carbons (Fsp3) is 0.478. The maximum Gasteiger partial charge on any atom is 0.231 e. The van der Waals surface area contributed by atoms with Crippen molar-refractivity contribution in [2.45, 2.75) is 31.9 Å². The van der Waals surface area contributed by atoms with Crippen molar-refractivity contribution in [3.63, 3.8) is 0 Å². The van der Waals surface area contributed by atoms with E-state index in [4.69, 9.17) is 23.7 Å². The molecule has 0 spiro atoms. The largest absolute Gasteiger partial charge is 0.502 e. The third kappa shape index (κ3) is 2.99. The summed E-state index contributed by atoms with van der Waals surface area (Å²) >= 11 is 0. The van der Waals surface area contributed by atoms with Crippen LogP contribution in [-0.4, -0.2) is 50.3 Å². The fourth-order valence-corrected chi connectivity index (χ4v) is 4.95. The van der Waals surface area contributed by atoms with E-state index in [1.54, 1.807) is 14.2 Å². The number of ether oxygens (including phenoxy) is 5. The molecule has 0 aromatic heterocycles. The molecule has 30 heavy (non-hydrogen) atoms. The van der Waals surface area contributed by atoms with E-state index in [1.807, 2.05) is 24.3 Å². The fourth-order valence-electron chi connectivity index (χ4n) is 4.95.